The number of alkyl halides is 3. The zero-order valence-corrected chi connectivity index (χ0v) is 26.4. The van der Waals surface area contributed by atoms with E-state index in [0.29, 0.717) is 61.7 Å². The molecule has 2 aliphatic rings. The number of carbonyl (C=O) groups is 1. The van der Waals surface area contributed by atoms with Gasteiger partial charge in [-0.2, -0.15) is 17.9 Å². The lowest BCUT2D eigenvalue weighted by Gasteiger charge is -2.53. The summed E-state index contributed by atoms with van der Waals surface area (Å²) < 4.78 is 52.5. The van der Waals surface area contributed by atoms with Gasteiger partial charge in [-0.3, -0.25) is 14.6 Å². The van der Waals surface area contributed by atoms with Gasteiger partial charge in [-0.15, -0.1) is 5.10 Å². The van der Waals surface area contributed by atoms with E-state index in [4.69, 9.17) is 9.47 Å². The maximum Gasteiger partial charge on any atom is 0.453 e. The lowest BCUT2D eigenvalue weighted by Crippen LogP contribution is -2.67. The number of carbonyl (C=O) groups excluding carboxylic acids is 1. The number of amides is 1. The van der Waals surface area contributed by atoms with E-state index >= 15 is 0 Å². The number of tetrazole rings is 1. The molecule has 2 saturated heterocycles. The van der Waals surface area contributed by atoms with Gasteiger partial charge in [0.25, 0.3) is 5.82 Å². The van der Waals surface area contributed by atoms with Gasteiger partial charge in [-0.1, -0.05) is 60.7 Å². The first-order valence-corrected chi connectivity index (χ1v) is 15.6. The highest BCUT2D eigenvalue weighted by molar-refractivity contribution is 5.76. The number of methoxy groups -OCH3 is 2. The summed E-state index contributed by atoms with van der Waals surface area (Å²) in [6.07, 6.45) is -4.39. The molecular weight excluding hydrogens is 611 g/mol. The Kier molecular flexibility index (Phi) is 9.85. The average molecular weight is 650 g/mol. The molecule has 10 nitrogen and oxygen atoms in total. The van der Waals surface area contributed by atoms with Crippen LogP contribution in [-0.4, -0.2) is 106 Å². The quantitative estimate of drug-likeness (QED) is 0.252. The fraction of sp³-hybridized carbons (Fsp3) is 0.412. The third kappa shape index (κ3) is 7.16. The van der Waals surface area contributed by atoms with E-state index in [1.54, 1.807) is 26.4 Å². The largest absolute Gasteiger partial charge is 0.496 e. The van der Waals surface area contributed by atoms with E-state index in [1.165, 1.54) is 17.2 Å². The van der Waals surface area contributed by atoms with Gasteiger partial charge in [0.1, 0.15) is 5.75 Å². The number of aromatic nitrogens is 4. The monoisotopic (exact) mass is 649 g/mol. The van der Waals surface area contributed by atoms with Gasteiger partial charge in [-0.25, -0.2) is 0 Å². The Morgan fingerprint density at radius 2 is 1.64 bits per heavy atom. The highest BCUT2D eigenvalue weighted by Crippen LogP contribution is 2.37. The van der Waals surface area contributed by atoms with Gasteiger partial charge in [0.05, 0.1) is 25.8 Å². The van der Waals surface area contributed by atoms with Crippen LogP contribution in [0.25, 0.3) is 5.69 Å². The second-order valence-electron chi connectivity index (χ2n) is 11.9. The summed E-state index contributed by atoms with van der Waals surface area (Å²) in [5.41, 5.74) is 3.29. The molecule has 2 aliphatic heterocycles. The lowest BCUT2D eigenvalue weighted by atomic mass is 9.81. The SMILES string of the molecule is COCCC(=O)N1CCN2[C@H](CN(Cc3cc(-n4nnnc4C(F)(F)F)ccc3OC)C[C@H]2C(c2ccccc2)c2ccccc2)C1. The van der Waals surface area contributed by atoms with Crippen LogP contribution in [0, 0.1) is 0 Å². The van der Waals surface area contributed by atoms with Crippen molar-refractivity contribution in [2.75, 3.05) is 53.6 Å². The van der Waals surface area contributed by atoms with Crippen LogP contribution in [0.5, 0.6) is 5.75 Å². The topological polar surface area (TPSA) is 88.9 Å². The first-order valence-electron chi connectivity index (χ1n) is 15.6. The molecular formula is C34H38F3N7O3. The number of benzene rings is 3. The number of hydrogen-bond acceptors (Lipinski definition) is 8. The number of halogens is 3. The number of ether oxygens (including phenoxy) is 2. The van der Waals surface area contributed by atoms with E-state index in [-0.39, 0.29) is 29.6 Å². The van der Waals surface area contributed by atoms with Crippen LogP contribution < -0.4 is 4.74 Å². The molecule has 3 aromatic carbocycles. The number of fused-ring (bicyclic) bond motifs is 1. The Morgan fingerprint density at radius 3 is 2.28 bits per heavy atom. The van der Waals surface area contributed by atoms with Crippen molar-refractivity contribution in [2.24, 2.45) is 0 Å². The van der Waals surface area contributed by atoms with E-state index in [2.05, 4.69) is 73.9 Å². The van der Waals surface area contributed by atoms with E-state index < -0.39 is 12.0 Å². The highest BCUT2D eigenvalue weighted by atomic mass is 19.4. The van der Waals surface area contributed by atoms with Gasteiger partial charge in [0.15, 0.2) is 0 Å². The molecule has 13 heteroatoms. The maximum absolute atomic E-state index is 13.7. The summed E-state index contributed by atoms with van der Waals surface area (Å²) in [5, 5.41) is 10.1. The van der Waals surface area contributed by atoms with Crippen molar-refractivity contribution in [2.45, 2.75) is 37.1 Å². The normalized spacial score (nSPS) is 19.1. The van der Waals surface area contributed by atoms with Crippen molar-refractivity contribution < 1.29 is 27.4 Å². The summed E-state index contributed by atoms with van der Waals surface area (Å²) in [6, 6.07) is 25.8. The van der Waals surface area contributed by atoms with Crippen LogP contribution in [0.3, 0.4) is 0 Å². The van der Waals surface area contributed by atoms with Crippen molar-refractivity contribution in [1.82, 2.24) is 34.9 Å². The van der Waals surface area contributed by atoms with Crippen molar-refractivity contribution in [3.8, 4) is 11.4 Å². The Hall–Kier alpha value is -4.33. The van der Waals surface area contributed by atoms with Crippen molar-refractivity contribution >= 4 is 5.91 Å². The van der Waals surface area contributed by atoms with Gasteiger partial charge >= 0.3 is 6.18 Å². The lowest BCUT2D eigenvalue weighted by molar-refractivity contribution is -0.146. The van der Waals surface area contributed by atoms with Gasteiger partial charge in [0, 0.05) is 69.9 Å². The Labute approximate surface area is 271 Å². The van der Waals surface area contributed by atoms with E-state index in [1.807, 2.05) is 17.0 Å². The first-order chi connectivity index (χ1) is 22.8. The average Bonchev–Trinajstić information content (AvgIpc) is 3.59. The molecule has 1 amide bonds. The molecule has 248 valence electrons. The molecule has 6 rings (SSSR count). The number of hydrogen-bond donors (Lipinski definition) is 0. The van der Waals surface area contributed by atoms with Gasteiger partial charge in [-0.05, 0) is 39.8 Å². The van der Waals surface area contributed by atoms with E-state index in [0.717, 1.165) is 6.54 Å². The maximum atomic E-state index is 13.7. The molecule has 47 heavy (non-hydrogen) atoms. The first kappa shape index (κ1) is 32.6. The van der Waals surface area contributed by atoms with Crippen LogP contribution in [-0.2, 0) is 22.3 Å². The highest BCUT2D eigenvalue weighted by Gasteiger charge is 2.43. The predicted molar refractivity (Wildman–Crippen MR) is 168 cm³/mol. The summed E-state index contributed by atoms with van der Waals surface area (Å²) in [6.45, 7) is 4.07. The second kappa shape index (κ2) is 14.2. The zero-order valence-electron chi connectivity index (χ0n) is 26.4. The molecule has 1 aromatic heterocycles. The molecule has 2 atom stereocenters. The fourth-order valence-corrected chi connectivity index (χ4v) is 6.97. The molecule has 4 aromatic rings. The van der Waals surface area contributed by atoms with Crippen LogP contribution in [0.4, 0.5) is 13.2 Å². The minimum absolute atomic E-state index is 0.0365. The number of rotatable bonds is 10. The van der Waals surface area contributed by atoms with Crippen LogP contribution in [0.2, 0.25) is 0 Å². The Bertz CT molecular complexity index is 1600. The zero-order chi connectivity index (χ0) is 33.0. The minimum Gasteiger partial charge on any atom is -0.496 e. The molecule has 0 radical (unpaired) electrons. The third-order valence-corrected chi connectivity index (χ3v) is 9.07. The fourth-order valence-electron chi connectivity index (χ4n) is 6.97. The van der Waals surface area contributed by atoms with Crippen molar-refractivity contribution in [1.29, 1.82) is 0 Å². The summed E-state index contributed by atoms with van der Waals surface area (Å²) >= 11 is 0. The van der Waals surface area contributed by atoms with E-state index in [9.17, 15) is 18.0 Å². The Balaban J connectivity index is 1.36. The summed E-state index contributed by atoms with van der Waals surface area (Å²) in [4.78, 5) is 19.9. The second-order valence-corrected chi connectivity index (χ2v) is 11.9. The smallest absolute Gasteiger partial charge is 0.453 e. The standard InChI is InChI=1S/C34H38F3N7O3/c1-46-18-15-31(45)42-16-17-43-28(22-42)21-41(23-29(43)32(24-9-5-3-6-10-24)25-11-7-4-8-12-25)20-26-19-27(13-14-30(26)47-2)44-33(34(35,36)37)38-39-40-44/h3-14,19,28-29,32H,15-18,20-23H2,1-2H3/t28-,29+/m1/s1. The minimum atomic E-state index is -4.72. The number of nitrogens with zero attached hydrogens (tertiary/aromatic N) is 7. The summed E-state index contributed by atoms with van der Waals surface area (Å²) in [7, 11) is 3.14. The molecule has 0 unspecified atom stereocenters. The third-order valence-electron chi connectivity index (χ3n) is 9.07. The number of piperazine rings is 2. The van der Waals surface area contributed by atoms with Crippen molar-refractivity contribution in [3.63, 3.8) is 0 Å². The molecule has 0 saturated carbocycles. The van der Waals surface area contributed by atoms with Crippen LogP contribution >= 0.6 is 0 Å². The van der Waals surface area contributed by atoms with Crippen LogP contribution in [0.15, 0.2) is 78.9 Å². The van der Waals surface area contributed by atoms with Gasteiger partial charge in [0.2, 0.25) is 5.91 Å². The molecule has 3 heterocycles. The molecule has 2 fully saturated rings. The van der Waals surface area contributed by atoms with Gasteiger partial charge < -0.3 is 14.4 Å². The molecule has 0 N–H and O–H groups in total. The van der Waals surface area contributed by atoms with Crippen molar-refractivity contribution in [3.05, 3.63) is 101 Å². The predicted octanol–water partition coefficient (Wildman–Crippen LogP) is 4.26. The summed E-state index contributed by atoms with van der Waals surface area (Å²) in [5.74, 6) is -0.533. The molecule has 0 spiro atoms. The van der Waals surface area contributed by atoms with Crippen LogP contribution in [0.1, 0.15) is 34.9 Å². The molecule has 0 bridgehead atoms. The Morgan fingerprint density at radius 1 is 0.936 bits per heavy atom. The molecule has 0 aliphatic carbocycles.